The van der Waals surface area contributed by atoms with Gasteiger partial charge in [0.25, 0.3) is 0 Å². The SMILES string of the molecule is FC(F)(F)C1CCNCC1.N. The molecule has 0 bridgehead atoms. The van der Waals surface area contributed by atoms with Crippen molar-refractivity contribution in [2.45, 2.75) is 19.0 Å². The zero-order chi connectivity index (χ0) is 7.61. The van der Waals surface area contributed by atoms with Gasteiger partial charge in [0.2, 0.25) is 0 Å². The minimum atomic E-state index is -3.97. The summed E-state index contributed by atoms with van der Waals surface area (Å²) in [6, 6.07) is 0. The van der Waals surface area contributed by atoms with Crippen LogP contribution >= 0.6 is 0 Å². The summed E-state index contributed by atoms with van der Waals surface area (Å²) in [5, 5.41) is 2.89. The van der Waals surface area contributed by atoms with Crippen molar-refractivity contribution in [3.05, 3.63) is 0 Å². The van der Waals surface area contributed by atoms with E-state index in [4.69, 9.17) is 0 Å². The zero-order valence-electron chi connectivity index (χ0n) is 6.25. The van der Waals surface area contributed by atoms with Crippen molar-refractivity contribution in [2.24, 2.45) is 5.92 Å². The maximum Gasteiger partial charge on any atom is 0.391 e. The predicted octanol–water partition coefficient (Wildman–Crippen LogP) is 1.71. The average molecular weight is 170 g/mol. The van der Waals surface area contributed by atoms with E-state index in [0.29, 0.717) is 13.1 Å². The van der Waals surface area contributed by atoms with Gasteiger partial charge in [0.1, 0.15) is 0 Å². The quantitative estimate of drug-likeness (QED) is 0.581. The normalized spacial score (nSPS) is 21.0. The molecule has 1 fully saturated rings. The smallest absolute Gasteiger partial charge is 0.344 e. The minimum Gasteiger partial charge on any atom is -0.344 e. The molecule has 0 aromatic carbocycles. The Hall–Kier alpha value is -0.290. The number of halogens is 3. The van der Waals surface area contributed by atoms with Gasteiger partial charge in [0, 0.05) is 0 Å². The van der Waals surface area contributed by atoms with Crippen LogP contribution in [0.3, 0.4) is 0 Å². The van der Waals surface area contributed by atoms with Crippen LogP contribution in [-0.2, 0) is 0 Å². The second-order valence-electron chi connectivity index (χ2n) is 2.57. The summed E-state index contributed by atoms with van der Waals surface area (Å²) in [5.41, 5.74) is 0. The highest BCUT2D eigenvalue weighted by molar-refractivity contribution is 4.73. The van der Waals surface area contributed by atoms with Crippen molar-refractivity contribution in [1.29, 1.82) is 0 Å². The number of alkyl halides is 3. The molecule has 11 heavy (non-hydrogen) atoms. The molecule has 5 heteroatoms. The highest BCUT2D eigenvalue weighted by Gasteiger charge is 2.39. The molecule has 1 aliphatic rings. The van der Waals surface area contributed by atoms with Crippen LogP contribution in [0.15, 0.2) is 0 Å². The van der Waals surface area contributed by atoms with E-state index in [1.165, 1.54) is 0 Å². The second kappa shape index (κ2) is 3.92. The Morgan fingerprint density at radius 2 is 1.55 bits per heavy atom. The Morgan fingerprint density at radius 3 is 1.82 bits per heavy atom. The number of hydrogen-bond acceptors (Lipinski definition) is 2. The molecule has 1 heterocycles. The molecule has 0 atom stereocenters. The van der Waals surface area contributed by atoms with E-state index in [2.05, 4.69) is 5.32 Å². The van der Waals surface area contributed by atoms with Crippen molar-refractivity contribution in [3.8, 4) is 0 Å². The summed E-state index contributed by atoms with van der Waals surface area (Å²) in [6.07, 6.45) is -3.49. The van der Waals surface area contributed by atoms with Crippen molar-refractivity contribution < 1.29 is 13.2 Å². The first kappa shape index (κ1) is 10.7. The van der Waals surface area contributed by atoms with Crippen LogP contribution in [0.2, 0.25) is 0 Å². The summed E-state index contributed by atoms with van der Waals surface area (Å²) in [4.78, 5) is 0. The molecular weight excluding hydrogens is 157 g/mol. The van der Waals surface area contributed by atoms with Gasteiger partial charge in [-0.05, 0) is 25.9 Å². The molecule has 4 N–H and O–H groups in total. The molecule has 0 aromatic heterocycles. The molecule has 0 saturated carbocycles. The zero-order valence-corrected chi connectivity index (χ0v) is 6.25. The predicted molar refractivity (Wildman–Crippen MR) is 36.7 cm³/mol. The standard InChI is InChI=1S/C6H10F3N.H3N/c7-6(8,9)5-1-3-10-4-2-5;/h5,10H,1-4H2;1H3. The van der Waals surface area contributed by atoms with Crippen LogP contribution in [-0.4, -0.2) is 19.3 Å². The van der Waals surface area contributed by atoms with Gasteiger partial charge in [0.05, 0.1) is 5.92 Å². The minimum absolute atomic E-state index is 0. The van der Waals surface area contributed by atoms with Gasteiger partial charge in [0.15, 0.2) is 0 Å². The number of rotatable bonds is 0. The molecule has 0 aromatic rings. The Bertz CT molecular complexity index is 107. The van der Waals surface area contributed by atoms with Crippen LogP contribution in [0.25, 0.3) is 0 Å². The Morgan fingerprint density at radius 1 is 1.09 bits per heavy atom. The molecule has 2 nitrogen and oxygen atoms in total. The Balaban J connectivity index is 0.000001000. The number of nitrogens with one attached hydrogen (secondary N) is 1. The molecule has 0 amide bonds. The Kier molecular flexibility index (Phi) is 3.82. The lowest BCUT2D eigenvalue weighted by Gasteiger charge is -2.24. The lowest BCUT2D eigenvalue weighted by Crippen LogP contribution is -2.35. The number of piperidine rings is 1. The topological polar surface area (TPSA) is 47.0 Å². The first-order chi connectivity index (χ1) is 4.61. The fourth-order valence-electron chi connectivity index (χ4n) is 1.15. The van der Waals surface area contributed by atoms with Crippen molar-refractivity contribution in [3.63, 3.8) is 0 Å². The molecule has 0 unspecified atom stereocenters. The van der Waals surface area contributed by atoms with Crippen LogP contribution < -0.4 is 11.5 Å². The van der Waals surface area contributed by atoms with E-state index in [1.807, 2.05) is 0 Å². The van der Waals surface area contributed by atoms with Gasteiger partial charge in [-0.2, -0.15) is 13.2 Å². The van der Waals surface area contributed by atoms with Crippen LogP contribution in [0.1, 0.15) is 12.8 Å². The number of hydrogen-bond donors (Lipinski definition) is 2. The summed E-state index contributed by atoms with van der Waals surface area (Å²) in [6.45, 7) is 1.01. The third kappa shape index (κ3) is 3.07. The van der Waals surface area contributed by atoms with Crippen LogP contribution in [0, 0.1) is 5.92 Å². The van der Waals surface area contributed by atoms with Gasteiger partial charge in [-0.25, -0.2) is 0 Å². The maximum atomic E-state index is 11.9. The molecule has 1 saturated heterocycles. The lowest BCUT2D eigenvalue weighted by atomic mass is 9.98. The van der Waals surface area contributed by atoms with E-state index in [0.717, 1.165) is 0 Å². The van der Waals surface area contributed by atoms with Crippen molar-refractivity contribution in [2.75, 3.05) is 13.1 Å². The summed E-state index contributed by atoms with van der Waals surface area (Å²) < 4.78 is 35.7. The van der Waals surface area contributed by atoms with Gasteiger partial charge in [-0.1, -0.05) is 0 Å². The lowest BCUT2D eigenvalue weighted by molar-refractivity contribution is -0.180. The summed E-state index contributed by atoms with van der Waals surface area (Å²) in [7, 11) is 0. The van der Waals surface area contributed by atoms with E-state index >= 15 is 0 Å². The van der Waals surface area contributed by atoms with Crippen molar-refractivity contribution in [1.82, 2.24) is 11.5 Å². The molecule has 1 aliphatic heterocycles. The highest BCUT2D eigenvalue weighted by atomic mass is 19.4. The largest absolute Gasteiger partial charge is 0.391 e. The molecule has 1 rings (SSSR count). The molecule has 0 radical (unpaired) electrons. The fourth-order valence-corrected chi connectivity index (χ4v) is 1.15. The third-order valence-corrected chi connectivity index (χ3v) is 1.80. The van der Waals surface area contributed by atoms with E-state index < -0.39 is 12.1 Å². The van der Waals surface area contributed by atoms with Gasteiger partial charge >= 0.3 is 6.18 Å². The van der Waals surface area contributed by atoms with Crippen molar-refractivity contribution >= 4 is 0 Å². The van der Waals surface area contributed by atoms with E-state index in [9.17, 15) is 13.2 Å². The summed E-state index contributed by atoms with van der Waals surface area (Å²) in [5.74, 6) is -1.06. The highest BCUT2D eigenvalue weighted by Crippen LogP contribution is 2.31. The average Bonchev–Trinajstić information content (AvgIpc) is 1.88. The van der Waals surface area contributed by atoms with Gasteiger partial charge in [-0.3, -0.25) is 0 Å². The third-order valence-electron chi connectivity index (χ3n) is 1.80. The van der Waals surface area contributed by atoms with Gasteiger partial charge < -0.3 is 11.5 Å². The van der Waals surface area contributed by atoms with Crippen LogP contribution in [0.4, 0.5) is 13.2 Å². The molecule has 0 aliphatic carbocycles. The molecule has 68 valence electrons. The van der Waals surface area contributed by atoms with E-state index in [-0.39, 0.29) is 19.0 Å². The molecular formula is C6H13F3N2. The van der Waals surface area contributed by atoms with E-state index in [1.54, 1.807) is 0 Å². The Labute approximate surface area is 63.7 Å². The molecule has 0 spiro atoms. The first-order valence-corrected chi connectivity index (χ1v) is 3.38. The summed E-state index contributed by atoms with van der Waals surface area (Å²) >= 11 is 0. The second-order valence-corrected chi connectivity index (χ2v) is 2.57. The van der Waals surface area contributed by atoms with Gasteiger partial charge in [-0.15, -0.1) is 0 Å². The fraction of sp³-hybridized carbons (Fsp3) is 1.00. The monoisotopic (exact) mass is 170 g/mol. The maximum absolute atomic E-state index is 11.9. The van der Waals surface area contributed by atoms with Crippen LogP contribution in [0.5, 0.6) is 0 Å². The first-order valence-electron chi connectivity index (χ1n) is 3.38.